The van der Waals surface area contributed by atoms with E-state index in [1.807, 2.05) is 48.5 Å². The van der Waals surface area contributed by atoms with Crippen LogP contribution >= 0.6 is 27.5 Å². The summed E-state index contributed by atoms with van der Waals surface area (Å²) in [6.45, 7) is 0.507. The van der Waals surface area contributed by atoms with Gasteiger partial charge in [-0.25, -0.2) is 10.9 Å². The Balaban J connectivity index is 1.56. The molecule has 2 unspecified atom stereocenters. The molecule has 0 saturated carbocycles. The van der Waals surface area contributed by atoms with E-state index in [0.29, 0.717) is 18.0 Å². The third-order valence-corrected chi connectivity index (χ3v) is 4.69. The molecular formula is C17H17BrClN3O. The summed E-state index contributed by atoms with van der Waals surface area (Å²) in [5.74, 6) is -0.0213. The highest BCUT2D eigenvalue weighted by atomic mass is 79.9. The van der Waals surface area contributed by atoms with Crippen molar-refractivity contribution in [2.24, 2.45) is 0 Å². The maximum atomic E-state index is 12.3. The zero-order valence-corrected chi connectivity index (χ0v) is 14.7. The van der Waals surface area contributed by atoms with Gasteiger partial charge in [-0.2, -0.15) is 0 Å². The third-order valence-electron chi connectivity index (χ3n) is 3.86. The summed E-state index contributed by atoms with van der Waals surface area (Å²) in [6.07, 6.45) is 0.661. The first kappa shape index (κ1) is 16.5. The second-order valence-electron chi connectivity index (χ2n) is 5.50. The Bertz CT molecular complexity index is 710. The van der Waals surface area contributed by atoms with Gasteiger partial charge in [0.15, 0.2) is 0 Å². The smallest absolute Gasteiger partial charge is 0.238 e. The van der Waals surface area contributed by atoms with Crippen LogP contribution in [0.15, 0.2) is 53.0 Å². The molecule has 0 radical (unpaired) electrons. The molecule has 6 heteroatoms. The quantitative estimate of drug-likeness (QED) is 0.745. The van der Waals surface area contributed by atoms with Crippen molar-refractivity contribution in [3.8, 4) is 0 Å². The number of halogens is 2. The van der Waals surface area contributed by atoms with Crippen LogP contribution in [0.2, 0.25) is 5.02 Å². The van der Waals surface area contributed by atoms with Gasteiger partial charge in [-0.3, -0.25) is 4.79 Å². The Morgan fingerprint density at radius 1 is 1.22 bits per heavy atom. The van der Waals surface area contributed by atoms with Gasteiger partial charge < -0.3 is 5.32 Å². The van der Waals surface area contributed by atoms with Gasteiger partial charge in [0, 0.05) is 22.1 Å². The molecule has 1 aliphatic rings. The number of rotatable bonds is 4. The lowest BCUT2D eigenvalue weighted by molar-refractivity contribution is -0.123. The van der Waals surface area contributed by atoms with Gasteiger partial charge in [-0.15, -0.1) is 0 Å². The molecule has 0 aliphatic carbocycles. The molecule has 1 aliphatic heterocycles. The second kappa shape index (κ2) is 7.45. The molecule has 1 saturated heterocycles. The molecule has 120 valence electrons. The standard InChI is InChI=1S/C17H17BrClN3O/c18-12-5-3-4-11(8-12)10-20-17(23)16-9-15(21-22-16)13-6-1-2-7-14(13)19/h1-8,15-16,21-22H,9-10H2,(H,20,23). The predicted molar refractivity (Wildman–Crippen MR) is 94.9 cm³/mol. The largest absolute Gasteiger partial charge is 0.351 e. The topological polar surface area (TPSA) is 53.2 Å². The van der Waals surface area contributed by atoms with Crippen LogP contribution in [0.25, 0.3) is 0 Å². The fourth-order valence-corrected chi connectivity index (χ4v) is 3.36. The number of nitrogens with one attached hydrogen (secondary N) is 3. The zero-order valence-electron chi connectivity index (χ0n) is 12.4. The zero-order chi connectivity index (χ0) is 16.2. The summed E-state index contributed by atoms with van der Waals surface area (Å²) in [5.41, 5.74) is 8.26. The van der Waals surface area contributed by atoms with E-state index in [1.165, 1.54) is 0 Å². The lowest BCUT2D eigenvalue weighted by Crippen LogP contribution is -2.42. The van der Waals surface area contributed by atoms with Crippen LogP contribution in [0, 0.1) is 0 Å². The number of hydrogen-bond acceptors (Lipinski definition) is 3. The van der Waals surface area contributed by atoms with Gasteiger partial charge in [-0.05, 0) is 35.7 Å². The van der Waals surface area contributed by atoms with Crippen LogP contribution in [0.4, 0.5) is 0 Å². The van der Waals surface area contributed by atoms with E-state index in [2.05, 4.69) is 32.1 Å². The van der Waals surface area contributed by atoms with E-state index in [1.54, 1.807) is 0 Å². The molecule has 0 spiro atoms. The molecule has 2 aromatic carbocycles. The van der Waals surface area contributed by atoms with Crippen molar-refractivity contribution in [1.82, 2.24) is 16.2 Å². The van der Waals surface area contributed by atoms with Gasteiger partial charge in [0.25, 0.3) is 0 Å². The molecule has 23 heavy (non-hydrogen) atoms. The Labute approximate surface area is 148 Å². The minimum absolute atomic E-state index is 0.0213. The van der Waals surface area contributed by atoms with Gasteiger partial charge in [0.05, 0.1) is 0 Å². The molecule has 4 nitrogen and oxygen atoms in total. The molecule has 1 heterocycles. The first-order valence-electron chi connectivity index (χ1n) is 7.41. The van der Waals surface area contributed by atoms with Crippen LogP contribution < -0.4 is 16.2 Å². The number of amides is 1. The van der Waals surface area contributed by atoms with Gasteiger partial charge in [-0.1, -0.05) is 57.9 Å². The fourth-order valence-electron chi connectivity index (χ4n) is 2.65. The molecule has 1 amide bonds. The fraction of sp³-hybridized carbons (Fsp3) is 0.235. The lowest BCUT2D eigenvalue weighted by atomic mass is 10.0. The Kier molecular flexibility index (Phi) is 5.33. The predicted octanol–water partition coefficient (Wildman–Crippen LogP) is 3.33. The highest BCUT2D eigenvalue weighted by molar-refractivity contribution is 9.10. The molecule has 3 rings (SSSR count). The van der Waals surface area contributed by atoms with Gasteiger partial charge in [0.2, 0.25) is 5.91 Å². The van der Waals surface area contributed by atoms with Crippen molar-refractivity contribution in [2.45, 2.75) is 25.0 Å². The average molecular weight is 395 g/mol. The minimum atomic E-state index is -0.275. The summed E-state index contributed by atoms with van der Waals surface area (Å²) < 4.78 is 1.00. The second-order valence-corrected chi connectivity index (χ2v) is 6.82. The van der Waals surface area contributed by atoms with E-state index in [9.17, 15) is 4.79 Å². The third kappa shape index (κ3) is 4.12. The van der Waals surface area contributed by atoms with Crippen molar-refractivity contribution in [2.75, 3.05) is 0 Å². The highest BCUT2D eigenvalue weighted by Crippen LogP contribution is 2.28. The van der Waals surface area contributed by atoms with E-state index in [4.69, 9.17) is 11.6 Å². The monoisotopic (exact) mass is 393 g/mol. The average Bonchev–Trinajstić information content (AvgIpc) is 3.03. The normalized spacial score (nSPS) is 20.4. The molecular weight excluding hydrogens is 378 g/mol. The van der Waals surface area contributed by atoms with E-state index < -0.39 is 0 Å². The summed E-state index contributed by atoms with van der Waals surface area (Å²) in [6, 6.07) is 15.3. The molecule has 3 N–H and O–H groups in total. The number of benzene rings is 2. The minimum Gasteiger partial charge on any atom is -0.351 e. The Morgan fingerprint density at radius 3 is 2.83 bits per heavy atom. The first-order valence-corrected chi connectivity index (χ1v) is 8.58. The van der Waals surface area contributed by atoms with Crippen molar-refractivity contribution in [1.29, 1.82) is 0 Å². The highest BCUT2D eigenvalue weighted by Gasteiger charge is 2.30. The van der Waals surface area contributed by atoms with E-state index >= 15 is 0 Å². The van der Waals surface area contributed by atoms with Crippen LogP contribution in [-0.2, 0) is 11.3 Å². The van der Waals surface area contributed by atoms with Crippen LogP contribution in [0.5, 0.6) is 0 Å². The Hall–Kier alpha value is -1.40. The van der Waals surface area contributed by atoms with Crippen LogP contribution in [0.1, 0.15) is 23.6 Å². The van der Waals surface area contributed by atoms with Gasteiger partial charge >= 0.3 is 0 Å². The first-order chi connectivity index (χ1) is 11.1. The lowest BCUT2D eigenvalue weighted by Gasteiger charge is -2.12. The number of carbonyl (C=O) groups excluding carboxylic acids is 1. The maximum Gasteiger partial charge on any atom is 0.238 e. The van der Waals surface area contributed by atoms with E-state index in [0.717, 1.165) is 15.6 Å². The van der Waals surface area contributed by atoms with Crippen molar-refractivity contribution >= 4 is 33.4 Å². The Morgan fingerprint density at radius 2 is 2.04 bits per heavy atom. The summed E-state index contributed by atoms with van der Waals surface area (Å²) in [5, 5.41) is 3.67. The molecule has 2 atom stereocenters. The SMILES string of the molecule is O=C(NCc1cccc(Br)c1)C1CC(c2ccccc2Cl)NN1. The van der Waals surface area contributed by atoms with Crippen molar-refractivity contribution in [3.05, 3.63) is 69.2 Å². The molecule has 1 fully saturated rings. The maximum absolute atomic E-state index is 12.3. The summed E-state index contributed by atoms with van der Waals surface area (Å²) >= 11 is 9.64. The number of hydrazine groups is 1. The molecule has 2 aromatic rings. The van der Waals surface area contributed by atoms with Gasteiger partial charge in [0.1, 0.15) is 6.04 Å². The van der Waals surface area contributed by atoms with E-state index in [-0.39, 0.29) is 18.0 Å². The number of carbonyl (C=O) groups is 1. The van der Waals surface area contributed by atoms with Crippen molar-refractivity contribution < 1.29 is 4.79 Å². The summed E-state index contributed by atoms with van der Waals surface area (Å²) in [4.78, 5) is 12.3. The number of hydrogen-bond donors (Lipinski definition) is 3. The summed E-state index contributed by atoms with van der Waals surface area (Å²) in [7, 11) is 0. The van der Waals surface area contributed by atoms with Crippen LogP contribution in [-0.4, -0.2) is 11.9 Å². The van der Waals surface area contributed by atoms with Crippen molar-refractivity contribution in [3.63, 3.8) is 0 Å². The molecule has 0 bridgehead atoms. The van der Waals surface area contributed by atoms with Crippen LogP contribution in [0.3, 0.4) is 0 Å². The molecule has 0 aromatic heterocycles.